The van der Waals surface area contributed by atoms with E-state index in [4.69, 9.17) is 9.47 Å². The molecule has 2 N–H and O–H groups in total. The third kappa shape index (κ3) is 5.11. The number of carbonyl (C=O) groups is 2. The second-order valence-electron chi connectivity index (χ2n) is 10.2. The summed E-state index contributed by atoms with van der Waals surface area (Å²) in [5, 5.41) is 6.16. The summed E-state index contributed by atoms with van der Waals surface area (Å²) >= 11 is 0. The molecular formula is C30H30FN5O4. The van der Waals surface area contributed by atoms with Gasteiger partial charge in [0.05, 0.1) is 23.5 Å². The maximum absolute atomic E-state index is 13.9. The zero-order valence-electron chi connectivity index (χ0n) is 22.4. The summed E-state index contributed by atoms with van der Waals surface area (Å²) in [7, 11) is 3.87. The molecular weight excluding hydrogens is 513 g/mol. The number of nitrogens with one attached hydrogen (secondary N) is 2. The molecule has 3 aliphatic rings. The fraction of sp³-hybridized carbons (Fsp3) is 0.267. The molecule has 0 atom stereocenters. The van der Waals surface area contributed by atoms with Crippen LogP contribution in [0.15, 0.2) is 60.7 Å². The number of likely N-dealkylation sites (N-methyl/N-ethyl adjacent to an activating group) is 2. The summed E-state index contributed by atoms with van der Waals surface area (Å²) in [5.41, 5.74) is 4.11. The van der Waals surface area contributed by atoms with Crippen LogP contribution in [0.4, 0.5) is 21.5 Å². The van der Waals surface area contributed by atoms with Crippen LogP contribution in [-0.2, 0) is 9.59 Å². The largest absolute Gasteiger partial charge is 0.454 e. The Balaban J connectivity index is 1.28. The van der Waals surface area contributed by atoms with Crippen molar-refractivity contribution in [3.8, 4) is 11.5 Å². The molecule has 6 rings (SSSR count). The van der Waals surface area contributed by atoms with Gasteiger partial charge in [0.15, 0.2) is 11.5 Å². The highest BCUT2D eigenvalue weighted by Crippen LogP contribution is 2.41. The van der Waals surface area contributed by atoms with E-state index in [1.54, 1.807) is 24.1 Å². The number of carbonyl (C=O) groups excluding carboxylic acids is 2. The number of piperazine rings is 1. The van der Waals surface area contributed by atoms with Gasteiger partial charge in [0.25, 0.3) is 5.91 Å². The van der Waals surface area contributed by atoms with E-state index in [1.165, 1.54) is 12.1 Å². The second-order valence-corrected chi connectivity index (χ2v) is 10.2. The molecule has 1 saturated heterocycles. The highest BCUT2D eigenvalue weighted by Gasteiger charge is 2.30. The zero-order valence-corrected chi connectivity index (χ0v) is 22.4. The number of anilines is 3. The first-order chi connectivity index (χ1) is 19.4. The highest BCUT2D eigenvalue weighted by atomic mass is 19.1. The lowest BCUT2D eigenvalue weighted by Gasteiger charge is -2.32. The summed E-state index contributed by atoms with van der Waals surface area (Å²) in [6.07, 6.45) is 0. The third-order valence-electron chi connectivity index (χ3n) is 7.49. The van der Waals surface area contributed by atoms with Gasteiger partial charge in [-0.3, -0.25) is 14.5 Å². The molecule has 0 bridgehead atoms. The molecule has 0 unspecified atom stereocenters. The predicted octanol–water partition coefficient (Wildman–Crippen LogP) is 3.70. The molecule has 1 fully saturated rings. The van der Waals surface area contributed by atoms with Gasteiger partial charge in [-0.15, -0.1) is 0 Å². The molecule has 0 aromatic heterocycles. The SMILES string of the molecule is CN1CCN(CC(=O)N(C)c2ccc(N/C(=C3\C(=O)Nc4cc(F)ccc43)c3ccc4c(c3)OCO4)cc2)CC1. The summed E-state index contributed by atoms with van der Waals surface area (Å²) in [6, 6.07) is 17.1. The Kier molecular flexibility index (Phi) is 6.87. The first kappa shape index (κ1) is 25.8. The fourth-order valence-corrected chi connectivity index (χ4v) is 5.08. The number of hydrogen-bond acceptors (Lipinski definition) is 7. The standard InChI is InChI=1S/C30H30FN5O4/c1-34-11-13-36(14-12-34)17-27(37)35(2)22-7-5-21(6-8-22)32-29(19-3-10-25-26(15-19)40-18-39-25)28-23-9-4-20(31)16-24(23)33-30(28)38/h3-10,15-16,32H,11-14,17-18H2,1-2H3,(H,33,38)/b29-28-. The van der Waals surface area contributed by atoms with Crippen molar-refractivity contribution < 1.29 is 23.5 Å². The molecule has 10 heteroatoms. The van der Waals surface area contributed by atoms with Crippen molar-refractivity contribution in [2.24, 2.45) is 0 Å². The Morgan fingerprint density at radius 1 is 1.00 bits per heavy atom. The van der Waals surface area contributed by atoms with Crippen LogP contribution >= 0.6 is 0 Å². The Morgan fingerprint density at radius 3 is 2.52 bits per heavy atom. The number of ether oxygens (including phenoxy) is 2. The monoisotopic (exact) mass is 543 g/mol. The van der Waals surface area contributed by atoms with Gasteiger partial charge in [-0.05, 0) is 67.7 Å². The normalized spacial score (nSPS) is 17.8. The smallest absolute Gasteiger partial charge is 0.258 e. The molecule has 3 aliphatic heterocycles. The van der Waals surface area contributed by atoms with Gasteiger partial charge in [0.1, 0.15) is 5.82 Å². The van der Waals surface area contributed by atoms with Crippen molar-refractivity contribution in [1.82, 2.24) is 9.80 Å². The van der Waals surface area contributed by atoms with E-state index in [0.717, 1.165) is 31.9 Å². The number of nitrogens with zero attached hydrogens (tertiary/aromatic N) is 3. The molecule has 3 aromatic rings. The highest BCUT2D eigenvalue weighted by molar-refractivity contribution is 6.37. The van der Waals surface area contributed by atoms with Gasteiger partial charge < -0.3 is 29.9 Å². The number of amides is 2. The van der Waals surface area contributed by atoms with Crippen molar-refractivity contribution in [3.05, 3.63) is 77.6 Å². The van der Waals surface area contributed by atoms with E-state index < -0.39 is 5.82 Å². The van der Waals surface area contributed by atoms with Crippen molar-refractivity contribution in [2.75, 3.05) is 69.1 Å². The summed E-state index contributed by atoms with van der Waals surface area (Å²) in [6.45, 7) is 4.16. The molecule has 3 heterocycles. The number of halogens is 1. The van der Waals surface area contributed by atoms with Gasteiger partial charge in [-0.25, -0.2) is 4.39 Å². The van der Waals surface area contributed by atoms with Crippen LogP contribution in [0.1, 0.15) is 11.1 Å². The van der Waals surface area contributed by atoms with Crippen molar-refractivity contribution in [1.29, 1.82) is 0 Å². The van der Waals surface area contributed by atoms with Crippen molar-refractivity contribution in [3.63, 3.8) is 0 Å². The minimum Gasteiger partial charge on any atom is -0.454 e. The van der Waals surface area contributed by atoms with Crippen LogP contribution in [0.5, 0.6) is 11.5 Å². The van der Waals surface area contributed by atoms with Crippen LogP contribution in [-0.4, -0.2) is 75.2 Å². The quantitative estimate of drug-likeness (QED) is 0.459. The fourth-order valence-electron chi connectivity index (χ4n) is 5.08. The summed E-state index contributed by atoms with van der Waals surface area (Å²) in [5.74, 6) is 0.456. The number of fused-ring (bicyclic) bond motifs is 2. The minimum absolute atomic E-state index is 0.0277. The Bertz CT molecular complexity index is 1500. The van der Waals surface area contributed by atoms with Crippen LogP contribution in [0.2, 0.25) is 0 Å². The van der Waals surface area contributed by atoms with E-state index in [1.807, 2.05) is 36.4 Å². The van der Waals surface area contributed by atoms with Crippen LogP contribution < -0.4 is 25.0 Å². The molecule has 206 valence electrons. The Labute approximate surface area is 231 Å². The molecule has 2 amide bonds. The van der Waals surface area contributed by atoms with E-state index in [2.05, 4.69) is 27.5 Å². The van der Waals surface area contributed by atoms with E-state index in [-0.39, 0.29) is 18.6 Å². The minimum atomic E-state index is -0.431. The van der Waals surface area contributed by atoms with Crippen LogP contribution in [0.3, 0.4) is 0 Å². The summed E-state index contributed by atoms with van der Waals surface area (Å²) < 4.78 is 24.9. The Hall–Kier alpha value is -4.41. The predicted molar refractivity (Wildman–Crippen MR) is 152 cm³/mol. The number of hydrogen-bond donors (Lipinski definition) is 2. The van der Waals surface area contributed by atoms with Crippen LogP contribution in [0, 0.1) is 5.82 Å². The van der Waals surface area contributed by atoms with Gasteiger partial charge in [0.2, 0.25) is 12.7 Å². The van der Waals surface area contributed by atoms with Gasteiger partial charge in [-0.1, -0.05) is 0 Å². The molecule has 0 aliphatic carbocycles. The van der Waals surface area contributed by atoms with Crippen molar-refractivity contribution in [2.45, 2.75) is 0 Å². The lowest BCUT2D eigenvalue weighted by molar-refractivity contribution is -0.119. The molecule has 0 radical (unpaired) electrons. The van der Waals surface area contributed by atoms with Gasteiger partial charge in [-0.2, -0.15) is 0 Å². The molecule has 0 saturated carbocycles. The molecule has 9 nitrogen and oxygen atoms in total. The van der Waals surface area contributed by atoms with Crippen LogP contribution in [0.25, 0.3) is 11.3 Å². The maximum atomic E-state index is 13.9. The first-order valence-corrected chi connectivity index (χ1v) is 13.2. The number of benzene rings is 3. The lowest BCUT2D eigenvalue weighted by Crippen LogP contribution is -2.48. The van der Waals surface area contributed by atoms with Gasteiger partial charge >= 0.3 is 0 Å². The average Bonchev–Trinajstić information content (AvgIpc) is 3.55. The first-order valence-electron chi connectivity index (χ1n) is 13.2. The Morgan fingerprint density at radius 2 is 1.75 bits per heavy atom. The topological polar surface area (TPSA) is 86.4 Å². The summed E-state index contributed by atoms with van der Waals surface area (Å²) in [4.78, 5) is 32.2. The maximum Gasteiger partial charge on any atom is 0.258 e. The zero-order chi connectivity index (χ0) is 27.8. The van der Waals surface area contributed by atoms with E-state index in [9.17, 15) is 14.0 Å². The number of rotatable bonds is 6. The van der Waals surface area contributed by atoms with E-state index in [0.29, 0.717) is 51.8 Å². The average molecular weight is 544 g/mol. The lowest BCUT2D eigenvalue weighted by atomic mass is 9.99. The van der Waals surface area contributed by atoms with E-state index >= 15 is 0 Å². The molecule has 3 aromatic carbocycles. The molecule has 0 spiro atoms. The molecule has 40 heavy (non-hydrogen) atoms. The van der Waals surface area contributed by atoms with Gasteiger partial charge in [0, 0.05) is 55.7 Å². The third-order valence-corrected chi connectivity index (χ3v) is 7.49. The van der Waals surface area contributed by atoms with Crippen molar-refractivity contribution >= 4 is 40.1 Å². The second kappa shape index (κ2) is 10.6.